The quantitative estimate of drug-likeness (QED) is 0.854. The molecule has 3 rings (SSSR count). The van der Waals surface area contributed by atoms with Crippen molar-refractivity contribution < 1.29 is 4.74 Å². The maximum absolute atomic E-state index is 6.04. The van der Waals surface area contributed by atoms with Gasteiger partial charge in [-0.2, -0.15) is 0 Å². The molecule has 18 heavy (non-hydrogen) atoms. The Morgan fingerprint density at radius 3 is 3.11 bits per heavy atom. The third kappa shape index (κ3) is 2.68. The molecule has 1 atom stereocenters. The summed E-state index contributed by atoms with van der Waals surface area (Å²) in [5.74, 6) is 1.08. The van der Waals surface area contributed by atoms with E-state index in [2.05, 4.69) is 28.8 Å². The van der Waals surface area contributed by atoms with Crippen LogP contribution in [0, 0.1) is 0 Å². The third-order valence-corrected chi connectivity index (χ3v) is 3.96. The van der Waals surface area contributed by atoms with Crippen molar-refractivity contribution >= 4 is 0 Å². The van der Waals surface area contributed by atoms with Crippen LogP contribution >= 0.6 is 0 Å². The first-order valence-electron chi connectivity index (χ1n) is 7.11. The van der Waals surface area contributed by atoms with E-state index in [0.717, 1.165) is 38.4 Å². The first kappa shape index (κ1) is 12.0. The van der Waals surface area contributed by atoms with Gasteiger partial charge >= 0.3 is 0 Å². The summed E-state index contributed by atoms with van der Waals surface area (Å²) < 4.78 is 6.04. The van der Waals surface area contributed by atoms with Crippen molar-refractivity contribution in [3.05, 3.63) is 29.3 Å². The van der Waals surface area contributed by atoms with E-state index in [-0.39, 0.29) is 0 Å². The van der Waals surface area contributed by atoms with Gasteiger partial charge in [-0.25, -0.2) is 0 Å². The molecule has 0 saturated carbocycles. The summed E-state index contributed by atoms with van der Waals surface area (Å²) in [5.41, 5.74) is 2.81. The molecule has 0 amide bonds. The molecular formula is C15H22N2O. The molecule has 2 aliphatic rings. The maximum atomic E-state index is 6.04. The number of hydrogen-bond acceptors (Lipinski definition) is 3. The molecule has 0 aromatic heterocycles. The summed E-state index contributed by atoms with van der Waals surface area (Å²) >= 11 is 0. The predicted molar refractivity (Wildman–Crippen MR) is 73.0 cm³/mol. The Balaban J connectivity index is 1.65. The average Bonchev–Trinajstić information content (AvgIpc) is 2.46. The molecular weight excluding hydrogens is 224 g/mol. The van der Waals surface area contributed by atoms with Crippen LogP contribution in [0.5, 0.6) is 5.75 Å². The Bertz CT molecular complexity index is 399. The molecule has 1 fully saturated rings. The molecule has 0 bridgehead atoms. The van der Waals surface area contributed by atoms with Crippen LogP contribution < -0.4 is 15.4 Å². The van der Waals surface area contributed by atoms with Gasteiger partial charge in [0.15, 0.2) is 0 Å². The van der Waals surface area contributed by atoms with Crippen molar-refractivity contribution in [1.29, 1.82) is 0 Å². The first-order valence-corrected chi connectivity index (χ1v) is 7.11. The van der Waals surface area contributed by atoms with Gasteiger partial charge in [0.2, 0.25) is 0 Å². The highest BCUT2D eigenvalue weighted by Crippen LogP contribution is 2.25. The van der Waals surface area contributed by atoms with Gasteiger partial charge in [-0.05, 0) is 44.0 Å². The lowest BCUT2D eigenvalue weighted by molar-refractivity contribution is 0.236. The number of hydrogen-bond donors (Lipinski definition) is 2. The number of nitrogens with one attached hydrogen (secondary N) is 2. The van der Waals surface area contributed by atoms with Gasteiger partial charge in [0.25, 0.3) is 0 Å². The Hall–Kier alpha value is -1.06. The zero-order chi connectivity index (χ0) is 12.2. The lowest BCUT2D eigenvalue weighted by atomic mass is 10.0. The van der Waals surface area contributed by atoms with E-state index in [1.165, 1.54) is 30.4 Å². The van der Waals surface area contributed by atoms with E-state index in [9.17, 15) is 0 Å². The Labute approximate surface area is 109 Å². The van der Waals surface area contributed by atoms with Crippen molar-refractivity contribution in [1.82, 2.24) is 10.6 Å². The molecule has 1 aromatic carbocycles. The van der Waals surface area contributed by atoms with Crippen LogP contribution in [0.1, 0.15) is 30.4 Å². The summed E-state index contributed by atoms with van der Waals surface area (Å²) in [6.07, 6.45) is 5.00. The molecule has 3 heteroatoms. The minimum Gasteiger partial charge on any atom is -0.492 e. The van der Waals surface area contributed by atoms with Crippen LogP contribution in [0.3, 0.4) is 0 Å². The minimum atomic E-state index is 0.533. The number of fused-ring (bicyclic) bond motifs is 1. The second-order valence-electron chi connectivity index (χ2n) is 5.28. The summed E-state index contributed by atoms with van der Waals surface area (Å²) in [7, 11) is 0. The lowest BCUT2D eigenvalue weighted by Gasteiger charge is -2.25. The number of rotatable bonds is 3. The largest absolute Gasteiger partial charge is 0.492 e. The predicted octanol–water partition coefficient (Wildman–Crippen LogP) is 1.85. The smallest absolute Gasteiger partial charge is 0.124 e. The highest BCUT2D eigenvalue weighted by atomic mass is 16.5. The van der Waals surface area contributed by atoms with Crippen LogP contribution in [0.2, 0.25) is 0 Å². The minimum absolute atomic E-state index is 0.533. The molecule has 98 valence electrons. The van der Waals surface area contributed by atoms with Gasteiger partial charge in [0.1, 0.15) is 12.4 Å². The summed E-state index contributed by atoms with van der Waals surface area (Å²) in [6.45, 7) is 3.98. The molecule has 2 heterocycles. The summed E-state index contributed by atoms with van der Waals surface area (Å²) in [4.78, 5) is 0. The normalized spacial score (nSPS) is 23.4. The SMILES string of the molecule is c1cc2c(c(OCC3CCCCN3)c1)CNCC2. The second kappa shape index (κ2) is 5.72. The summed E-state index contributed by atoms with van der Waals surface area (Å²) in [5, 5.41) is 6.95. The maximum Gasteiger partial charge on any atom is 0.124 e. The van der Waals surface area contributed by atoms with Crippen molar-refractivity contribution in [2.75, 3.05) is 19.7 Å². The Morgan fingerprint density at radius 2 is 2.22 bits per heavy atom. The number of piperidine rings is 1. The van der Waals surface area contributed by atoms with Gasteiger partial charge in [0, 0.05) is 18.2 Å². The standard InChI is InChI=1S/C15H22N2O/c1-2-8-17-13(5-1)11-18-15-6-3-4-12-7-9-16-10-14(12)15/h3-4,6,13,16-17H,1-2,5,7-11H2. The summed E-state index contributed by atoms with van der Waals surface area (Å²) in [6, 6.07) is 6.98. The van der Waals surface area contributed by atoms with Crippen molar-refractivity contribution in [2.24, 2.45) is 0 Å². The van der Waals surface area contributed by atoms with Crippen LogP contribution in [-0.2, 0) is 13.0 Å². The van der Waals surface area contributed by atoms with Gasteiger partial charge in [-0.15, -0.1) is 0 Å². The highest BCUT2D eigenvalue weighted by Gasteiger charge is 2.16. The van der Waals surface area contributed by atoms with E-state index >= 15 is 0 Å². The monoisotopic (exact) mass is 246 g/mol. The molecule has 2 N–H and O–H groups in total. The molecule has 3 nitrogen and oxygen atoms in total. The fraction of sp³-hybridized carbons (Fsp3) is 0.600. The van der Waals surface area contributed by atoms with Crippen LogP contribution in [0.15, 0.2) is 18.2 Å². The van der Waals surface area contributed by atoms with Gasteiger partial charge < -0.3 is 15.4 Å². The van der Waals surface area contributed by atoms with E-state index in [0.29, 0.717) is 6.04 Å². The molecule has 1 aromatic rings. The van der Waals surface area contributed by atoms with E-state index in [4.69, 9.17) is 4.74 Å². The van der Waals surface area contributed by atoms with Gasteiger partial charge in [-0.1, -0.05) is 18.6 Å². The van der Waals surface area contributed by atoms with Crippen LogP contribution in [0.25, 0.3) is 0 Å². The molecule has 2 aliphatic heterocycles. The first-order chi connectivity index (χ1) is 8.93. The molecule has 1 saturated heterocycles. The third-order valence-electron chi connectivity index (χ3n) is 3.96. The van der Waals surface area contributed by atoms with E-state index in [1.54, 1.807) is 0 Å². The van der Waals surface area contributed by atoms with Crippen LogP contribution in [0.4, 0.5) is 0 Å². The zero-order valence-electron chi connectivity index (χ0n) is 10.9. The van der Waals surface area contributed by atoms with Gasteiger partial charge in [0.05, 0.1) is 0 Å². The van der Waals surface area contributed by atoms with Crippen LogP contribution in [-0.4, -0.2) is 25.7 Å². The average molecular weight is 246 g/mol. The molecule has 0 radical (unpaired) electrons. The molecule has 1 unspecified atom stereocenters. The topological polar surface area (TPSA) is 33.3 Å². The number of ether oxygens (including phenoxy) is 1. The fourth-order valence-corrected chi connectivity index (χ4v) is 2.87. The van der Waals surface area contributed by atoms with Crippen molar-refractivity contribution in [3.8, 4) is 5.75 Å². The highest BCUT2D eigenvalue weighted by molar-refractivity contribution is 5.41. The lowest BCUT2D eigenvalue weighted by Crippen LogP contribution is -2.38. The van der Waals surface area contributed by atoms with Crippen molar-refractivity contribution in [3.63, 3.8) is 0 Å². The fourth-order valence-electron chi connectivity index (χ4n) is 2.87. The molecule has 0 spiro atoms. The zero-order valence-corrected chi connectivity index (χ0v) is 10.9. The second-order valence-corrected chi connectivity index (χ2v) is 5.28. The number of benzene rings is 1. The van der Waals surface area contributed by atoms with E-state index < -0.39 is 0 Å². The van der Waals surface area contributed by atoms with E-state index in [1.807, 2.05) is 0 Å². The molecule has 0 aliphatic carbocycles. The van der Waals surface area contributed by atoms with Crippen molar-refractivity contribution in [2.45, 2.75) is 38.3 Å². The van der Waals surface area contributed by atoms with Gasteiger partial charge in [-0.3, -0.25) is 0 Å². The Morgan fingerprint density at radius 1 is 1.22 bits per heavy atom. The Kier molecular flexibility index (Phi) is 3.81.